The molecule has 2 aromatic rings. The van der Waals surface area contributed by atoms with Crippen LogP contribution in [0.4, 0.5) is 5.69 Å². The van der Waals surface area contributed by atoms with Gasteiger partial charge in [-0.1, -0.05) is 24.3 Å². The molecule has 0 fully saturated rings. The van der Waals surface area contributed by atoms with Crippen LogP contribution in [-0.4, -0.2) is 4.98 Å². The zero-order valence-corrected chi connectivity index (χ0v) is 8.23. The molecule has 0 radical (unpaired) electrons. The van der Waals surface area contributed by atoms with Gasteiger partial charge in [0.2, 0.25) is 5.56 Å². The first-order valence-corrected chi connectivity index (χ1v) is 4.82. The van der Waals surface area contributed by atoms with Crippen molar-refractivity contribution in [1.82, 2.24) is 4.98 Å². The summed E-state index contributed by atoms with van der Waals surface area (Å²) >= 11 is 0. The molecule has 0 aliphatic rings. The quantitative estimate of drug-likeness (QED) is 0.795. The summed E-state index contributed by atoms with van der Waals surface area (Å²) in [6.07, 6.45) is 0. The highest BCUT2D eigenvalue weighted by molar-refractivity contribution is 5.42. The molecule has 1 aromatic heterocycles. The van der Waals surface area contributed by atoms with E-state index in [0.717, 1.165) is 11.4 Å². The number of anilines is 1. The molecule has 3 nitrogen and oxygen atoms in total. The third kappa shape index (κ3) is 2.71. The van der Waals surface area contributed by atoms with E-state index in [0.29, 0.717) is 6.54 Å². The number of aromatic amines is 1. The van der Waals surface area contributed by atoms with E-state index >= 15 is 0 Å². The molecule has 0 bridgehead atoms. The monoisotopic (exact) mass is 200 g/mol. The van der Waals surface area contributed by atoms with E-state index in [2.05, 4.69) is 10.3 Å². The molecular formula is C12H12N2O. The van der Waals surface area contributed by atoms with Crippen LogP contribution < -0.4 is 10.9 Å². The first kappa shape index (κ1) is 9.52. The van der Waals surface area contributed by atoms with Crippen molar-refractivity contribution < 1.29 is 0 Å². The summed E-state index contributed by atoms with van der Waals surface area (Å²) in [5.41, 5.74) is 1.86. The third-order valence-corrected chi connectivity index (χ3v) is 2.09. The SMILES string of the molecule is O=c1cccc(CNc2ccccc2)[nH]1. The van der Waals surface area contributed by atoms with Gasteiger partial charge in [0.05, 0.1) is 6.54 Å². The molecular weight excluding hydrogens is 188 g/mol. The fraction of sp³-hybridized carbons (Fsp3) is 0.0833. The normalized spacial score (nSPS) is 9.87. The van der Waals surface area contributed by atoms with Gasteiger partial charge in [-0.15, -0.1) is 0 Å². The average molecular weight is 200 g/mol. The van der Waals surface area contributed by atoms with Crippen LogP contribution in [0.5, 0.6) is 0 Å². The van der Waals surface area contributed by atoms with E-state index in [4.69, 9.17) is 0 Å². The van der Waals surface area contributed by atoms with Crippen molar-refractivity contribution in [1.29, 1.82) is 0 Å². The van der Waals surface area contributed by atoms with Gasteiger partial charge in [-0.2, -0.15) is 0 Å². The molecule has 15 heavy (non-hydrogen) atoms. The van der Waals surface area contributed by atoms with Crippen molar-refractivity contribution in [2.45, 2.75) is 6.54 Å². The van der Waals surface area contributed by atoms with Gasteiger partial charge in [-0.25, -0.2) is 0 Å². The molecule has 1 aromatic carbocycles. The highest BCUT2D eigenvalue weighted by Crippen LogP contribution is 2.06. The summed E-state index contributed by atoms with van der Waals surface area (Å²) in [5, 5.41) is 3.22. The third-order valence-electron chi connectivity index (χ3n) is 2.09. The number of para-hydroxylation sites is 1. The molecule has 0 aliphatic carbocycles. The lowest BCUT2D eigenvalue weighted by Crippen LogP contribution is -2.09. The summed E-state index contributed by atoms with van der Waals surface area (Å²) in [6, 6.07) is 15.0. The number of hydrogen-bond donors (Lipinski definition) is 2. The van der Waals surface area contributed by atoms with E-state index in [1.54, 1.807) is 6.07 Å². The molecule has 1 heterocycles. The molecule has 0 amide bonds. The standard InChI is InChI=1S/C12H12N2O/c15-12-8-4-7-11(14-12)9-13-10-5-2-1-3-6-10/h1-8,13H,9H2,(H,14,15). The predicted molar refractivity (Wildman–Crippen MR) is 60.8 cm³/mol. The first-order chi connectivity index (χ1) is 7.34. The summed E-state index contributed by atoms with van der Waals surface area (Å²) in [7, 11) is 0. The summed E-state index contributed by atoms with van der Waals surface area (Å²) in [4.78, 5) is 13.8. The number of hydrogen-bond acceptors (Lipinski definition) is 2. The van der Waals surface area contributed by atoms with Gasteiger partial charge in [-0.3, -0.25) is 4.79 Å². The minimum Gasteiger partial charge on any atom is -0.379 e. The van der Waals surface area contributed by atoms with Gasteiger partial charge in [0.15, 0.2) is 0 Å². The molecule has 2 N–H and O–H groups in total. The lowest BCUT2D eigenvalue weighted by atomic mass is 10.3. The van der Waals surface area contributed by atoms with Crippen LogP contribution in [0.3, 0.4) is 0 Å². The highest BCUT2D eigenvalue weighted by Gasteiger charge is 1.93. The molecule has 2 rings (SSSR count). The van der Waals surface area contributed by atoms with Crippen LogP contribution >= 0.6 is 0 Å². The molecule has 0 spiro atoms. The molecule has 76 valence electrons. The van der Waals surface area contributed by atoms with Crippen LogP contribution in [-0.2, 0) is 6.54 Å². The Kier molecular flexibility index (Phi) is 2.83. The molecule has 0 aliphatic heterocycles. The Labute approximate surface area is 87.8 Å². The summed E-state index contributed by atoms with van der Waals surface area (Å²) in [6.45, 7) is 0.625. The number of benzene rings is 1. The maximum atomic E-state index is 11.0. The van der Waals surface area contributed by atoms with Crippen molar-refractivity contribution in [3.63, 3.8) is 0 Å². The topological polar surface area (TPSA) is 44.9 Å². The molecule has 0 saturated carbocycles. The van der Waals surface area contributed by atoms with Crippen LogP contribution in [0.25, 0.3) is 0 Å². The Morgan fingerprint density at radius 3 is 2.53 bits per heavy atom. The fourth-order valence-corrected chi connectivity index (χ4v) is 1.35. The van der Waals surface area contributed by atoms with Crippen molar-refractivity contribution in [2.24, 2.45) is 0 Å². The second-order valence-electron chi connectivity index (χ2n) is 3.26. The van der Waals surface area contributed by atoms with E-state index in [-0.39, 0.29) is 5.56 Å². The lowest BCUT2D eigenvalue weighted by molar-refractivity contribution is 1.02. The fourth-order valence-electron chi connectivity index (χ4n) is 1.35. The maximum Gasteiger partial charge on any atom is 0.248 e. The van der Waals surface area contributed by atoms with Crippen molar-refractivity contribution in [3.05, 3.63) is 64.6 Å². The minimum absolute atomic E-state index is 0.0673. The van der Waals surface area contributed by atoms with Gasteiger partial charge in [0, 0.05) is 17.4 Å². The Morgan fingerprint density at radius 2 is 1.80 bits per heavy atom. The summed E-state index contributed by atoms with van der Waals surface area (Å²) in [5.74, 6) is 0. The predicted octanol–water partition coefficient (Wildman–Crippen LogP) is 1.99. The Balaban J connectivity index is 2.02. The van der Waals surface area contributed by atoms with Gasteiger partial charge in [0.1, 0.15) is 0 Å². The first-order valence-electron chi connectivity index (χ1n) is 4.82. The number of H-pyrrole nitrogens is 1. The van der Waals surface area contributed by atoms with E-state index in [1.807, 2.05) is 36.4 Å². The van der Waals surface area contributed by atoms with Crippen LogP contribution in [0.1, 0.15) is 5.69 Å². The molecule has 0 atom stereocenters. The summed E-state index contributed by atoms with van der Waals surface area (Å²) < 4.78 is 0. The average Bonchev–Trinajstić information content (AvgIpc) is 2.28. The minimum atomic E-state index is -0.0673. The number of nitrogens with one attached hydrogen (secondary N) is 2. The number of pyridine rings is 1. The smallest absolute Gasteiger partial charge is 0.248 e. The van der Waals surface area contributed by atoms with Crippen LogP contribution in [0.15, 0.2) is 53.3 Å². The number of rotatable bonds is 3. The lowest BCUT2D eigenvalue weighted by Gasteiger charge is -2.05. The van der Waals surface area contributed by atoms with Crippen molar-refractivity contribution >= 4 is 5.69 Å². The van der Waals surface area contributed by atoms with Gasteiger partial charge >= 0.3 is 0 Å². The van der Waals surface area contributed by atoms with Crippen molar-refractivity contribution in [3.8, 4) is 0 Å². The van der Waals surface area contributed by atoms with E-state index in [1.165, 1.54) is 6.07 Å². The van der Waals surface area contributed by atoms with Gasteiger partial charge in [0.25, 0.3) is 0 Å². The van der Waals surface area contributed by atoms with Crippen LogP contribution in [0.2, 0.25) is 0 Å². The Bertz CT molecular complexity index is 476. The second kappa shape index (κ2) is 4.46. The zero-order valence-electron chi connectivity index (χ0n) is 8.23. The van der Waals surface area contributed by atoms with Gasteiger partial charge in [-0.05, 0) is 18.2 Å². The van der Waals surface area contributed by atoms with E-state index in [9.17, 15) is 4.79 Å². The Morgan fingerprint density at radius 1 is 1.00 bits per heavy atom. The zero-order chi connectivity index (χ0) is 10.5. The number of aromatic nitrogens is 1. The second-order valence-corrected chi connectivity index (χ2v) is 3.26. The molecule has 3 heteroatoms. The van der Waals surface area contributed by atoms with E-state index < -0.39 is 0 Å². The van der Waals surface area contributed by atoms with Crippen molar-refractivity contribution in [2.75, 3.05) is 5.32 Å². The maximum absolute atomic E-state index is 11.0. The highest BCUT2D eigenvalue weighted by atomic mass is 16.1. The largest absolute Gasteiger partial charge is 0.379 e. The molecule has 0 saturated heterocycles. The van der Waals surface area contributed by atoms with Gasteiger partial charge < -0.3 is 10.3 Å². The molecule has 0 unspecified atom stereocenters. The van der Waals surface area contributed by atoms with Crippen LogP contribution in [0, 0.1) is 0 Å². The Hall–Kier alpha value is -2.03.